The van der Waals surface area contributed by atoms with Crippen molar-refractivity contribution in [1.82, 2.24) is 14.9 Å². The Balaban J connectivity index is 3.00. The molecule has 1 aliphatic rings. The fourth-order valence-corrected chi connectivity index (χ4v) is 2.55. The molecule has 0 saturated heterocycles. The first-order valence-corrected chi connectivity index (χ1v) is 6.82. The molecule has 0 bridgehead atoms. The van der Waals surface area contributed by atoms with Crippen molar-refractivity contribution < 1.29 is 31.1 Å². The molecule has 1 aromatic heterocycles. The summed E-state index contributed by atoms with van der Waals surface area (Å²) in [4.78, 5) is 36.7. The van der Waals surface area contributed by atoms with Gasteiger partial charge in [-0.05, 0) is 5.92 Å². The van der Waals surface area contributed by atoms with E-state index in [9.17, 15) is 40.7 Å². The van der Waals surface area contributed by atoms with Gasteiger partial charge in [0.05, 0.1) is 0 Å². The van der Waals surface area contributed by atoms with E-state index in [1.54, 1.807) is 5.32 Å². The Morgan fingerprint density at radius 1 is 1.04 bits per heavy atom. The third-order valence-electron chi connectivity index (χ3n) is 3.51. The van der Waals surface area contributed by atoms with Crippen LogP contribution in [0.5, 0.6) is 0 Å². The number of hydrogen-bond donors (Lipinski definition) is 3. The molecule has 2 amide bonds. The molecular weight excluding hydrogens is 362 g/mol. The van der Waals surface area contributed by atoms with E-state index in [0.717, 1.165) is 5.32 Å². The number of nitrogens with one attached hydrogen (secondary N) is 3. The van der Waals surface area contributed by atoms with E-state index in [-0.39, 0.29) is 12.5 Å². The van der Waals surface area contributed by atoms with Crippen molar-refractivity contribution in [1.29, 1.82) is 0 Å². The van der Waals surface area contributed by atoms with Gasteiger partial charge in [0.25, 0.3) is 11.1 Å². The number of anilines is 1. The lowest BCUT2D eigenvalue weighted by Crippen LogP contribution is -2.70. The molecular formula is C12H12F6N4O3. The molecule has 0 radical (unpaired) electrons. The molecule has 13 heteroatoms. The Kier molecular flexibility index (Phi) is 4.17. The molecule has 0 spiro atoms. The standard InChI is InChI=1S/C12H12F6N4O3/c1-4(2)3-22-6-5(7(23)20-9(22)25)10(11(13,14)15,12(16,17)18)21-8(24)19-6/h4H,3H2,1-2H3,(H2,19,21,24)(H,20,23,25). The van der Waals surface area contributed by atoms with E-state index in [1.807, 2.05) is 0 Å². The number of carbonyl (C=O) groups excluding carboxylic acids is 1. The highest BCUT2D eigenvalue weighted by atomic mass is 19.4. The Morgan fingerprint density at radius 2 is 1.56 bits per heavy atom. The normalized spacial score (nSPS) is 17.1. The minimum Gasteiger partial charge on any atom is -0.312 e. The molecule has 0 aliphatic carbocycles. The average Bonchev–Trinajstić information content (AvgIpc) is 2.39. The predicted molar refractivity (Wildman–Crippen MR) is 72.1 cm³/mol. The van der Waals surface area contributed by atoms with Crippen LogP contribution in [0, 0.1) is 5.92 Å². The molecule has 140 valence electrons. The summed E-state index contributed by atoms with van der Waals surface area (Å²) in [6.45, 7) is 2.74. The topological polar surface area (TPSA) is 96.0 Å². The van der Waals surface area contributed by atoms with Gasteiger partial charge in [-0.1, -0.05) is 13.8 Å². The van der Waals surface area contributed by atoms with Crippen LogP contribution in [0.25, 0.3) is 0 Å². The van der Waals surface area contributed by atoms with Crippen molar-refractivity contribution in [2.24, 2.45) is 5.92 Å². The van der Waals surface area contributed by atoms with Crippen LogP contribution in [0.15, 0.2) is 9.59 Å². The summed E-state index contributed by atoms with van der Waals surface area (Å²) in [6, 6.07) is -1.84. The van der Waals surface area contributed by atoms with Gasteiger partial charge in [-0.25, -0.2) is 9.59 Å². The number of aromatic amines is 1. The maximum Gasteiger partial charge on any atom is 0.425 e. The van der Waals surface area contributed by atoms with Gasteiger partial charge in [-0.2, -0.15) is 26.3 Å². The molecule has 1 aromatic rings. The fourth-order valence-electron chi connectivity index (χ4n) is 2.55. The summed E-state index contributed by atoms with van der Waals surface area (Å²) in [5.41, 5.74) is -9.93. The first kappa shape index (κ1) is 18.9. The lowest BCUT2D eigenvalue weighted by atomic mass is 9.87. The zero-order valence-electron chi connectivity index (χ0n) is 12.7. The maximum atomic E-state index is 13.4. The minimum atomic E-state index is -6.09. The molecule has 1 aliphatic heterocycles. The van der Waals surface area contributed by atoms with E-state index >= 15 is 0 Å². The molecule has 0 atom stereocenters. The van der Waals surface area contributed by atoms with Gasteiger partial charge in [0, 0.05) is 6.54 Å². The second-order valence-corrected chi connectivity index (χ2v) is 5.81. The minimum absolute atomic E-state index is 0.329. The van der Waals surface area contributed by atoms with Gasteiger partial charge in [0.15, 0.2) is 0 Å². The number of urea groups is 1. The molecule has 25 heavy (non-hydrogen) atoms. The van der Waals surface area contributed by atoms with Gasteiger partial charge in [-0.15, -0.1) is 0 Å². The van der Waals surface area contributed by atoms with Crippen molar-refractivity contribution in [2.45, 2.75) is 38.3 Å². The Hall–Kier alpha value is -2.47. The zero-order chi connectivity index (χ0) is 19.4. The SMILES string of the molecule is CC(C)Cn1c2c(c(=O)[nH]c1=O)C(C(F)(F)F)(C(F)(F)F)NC(=O)N2. The van der Waals surface area contributed by atoms with Crippen LogP contribution in [0.2, 0.25) is 0 Å². The van der Waals surface area contributed by atoms with Crippen LogP contribution in [0.4, 0.5) is 37.0 Å². The van der Waals surface area contributed by atoms with Crippen LogP contribution >= 0.6 is 0 Å². The first-order valence-electron chi connectivity index (χ1n) is 6.82. The van der Waals surface area contributed by atoms with Crippen molar-refractivity contribution in [3.8, 4) is 0 Å². The number of H-pyrrole nitrogens is 1. The fraction of sp³-hybridized carbons (Fsp3) is 0.583. The van der Waals surface area contributed by atoms with E-state index in [4.69, 9.17) is 0 Å². The van der Waals surface area contributed by atoms with Crippen LogP contribution in [-0.2, 0) is 12.1 Å². The lowest BCUT2D eigenvalue weighted by molar-refractivity contribution is -0.310. The summed E-state index contributed by atoms with van der Waals surface area (Å²) >= 11 is 0. The quantitative estimate of drug-likeness (QED) is 0.687. The Bertz CT molecular complexity index is 806. The average molecular weight is 374 g/mol. The lowest BCUT2D eigenvalue weighted by Gasteiger charge is -2.41. The maximum absolute atomic E-state index is 13.4. The summed E-state index contributed by atoms with van der Waals surface area (Å²) in [7, 11) is 0. The largest absolute Gasteiger partial charge is 0.425 e. The zero-order valence-corrected chi connectivity index (χ0v) is 12.7. The number of aromatic nitrogens is 2. The van der Waals surface area contributed by atoms with E-state index in [2.05, 4.69) is 0 Å². The Morgan fingerprint density at radius 3 is 2.00 bits per heavy atom. The van der Waals surface area contributed by atoms with Gasteiger partial charge in [0.1, 0.15) is 11.4 Å². The van der Waals surface area contributed by atoms with Crippen LogP contribution in [0.3, 0.4) is 0 Å². The van der Waals surface area contributed by atoms with Crippen molar-refractivity contribution in [2.75, 3.05) is 5.32 Å². The molecule has 2 rings (SSSR count). The highest BCUT2D eigenvalue weighted by molar-refractivity contribution is 5.93. The number of rotatable bonds is 2. The van der Waals surface area contributed by atoms with Crippen molar-refractivity contribution >= 4 is 11.8 Å². The van der Waals surface area contributed by atoms with E-state index in [0.29, 0.717) is 4.57 Å². The number of nitrogens with zero attached hydrogens (tertiary/aromatic N) is 1. The molecule has 0 unspecified atom stereocenters. The Labute approximate surface area is 135 Å². The van der Waals surface area contributed by atoms with Gasteiger partial charge in [-0.3, -0.25) is 19.7 Å². The number of alkyl halides is 6. The molecule has 2 heterocycles. The van der Waals surface area contributed by atoms with Gasteiger partial charge >= 0.3 is 24.1 Å². The number of hydrogen-bond acceptors (Lipinski definition) is 3. The second-order valence-electron chi connectivity index (χ2n) is 5.81. The summed E-state index contributed by atoms with van der Waals surface area (Å²) in [5.74, 6) is -1.52. The van der Waals surface area contributed by atoms with Gasteiger partial charge < -0.3 is 5.32 Å². The summed E-state index contributed by atoms with van der Waals surface area (Å²) in [5, 5.41) is 2.48. The molecule has 0 aromatic carbocycles. The molecule has 0 saturated carbocycles. The molecule has 0 fully saturated rings. The van der Waals surface area contributed by atoms with Crippen molar-refractivity contribution in [3.05, 3.63) is 26.4 Å². The third kappa shape index (κ3) is 2.76. The monoisotopic (exact) mass is 374 g/mol. The number of halogens is 6. The van der Waals surface area contributed by atoms with Crippen molar-refractivity contribution in [3.63, 3.8) is 0 Å². The smallest absolute Gasteiger partial charge is 0.312 e. The molecule has 7 nitrogen and oxygen atoms in total. The summed E-state index contributed by atoms with van der Waals surface area (Å²) < 4.78 is 81.0. The van der Waals surface area contributed by atoms with Crippen LogP contribution < -0.4 is 21.9 Å². The van der Waals surface area contributed by atoms with E-state index < -0.39 is 46.6 Å². The number of amides is 2. The molecule has 3 N–H and O–H groups in total. The van der Waals surface area contributed by atoms with E-state index in [1.165, 1.54) is 18.8 Å². The summed E-state index contributed by atoms with van der Waals surface area (Å²) in [6.07, 6.45) is -12.2. The predicted octanol–water partition coefficient (Wildman–Crippen LogP) is 1.65. The van der Waals surface area contributed by atoms with Crippen LogP contribution in [-0.4, -0.2) is 27.9 Å². The van der Waals surface area contributed by atoms with Gasteiger partial charge in [0.2, 0.25) is 0 Å². The van der Waals surface area contributed by atoms with Crippen LogP contribution in [0.1, 0.15) is 19.4 Å². The number of carbonyl (C=O) groups is 1. The number of fused-ring (bicyclic) bond motifs is 1. The third-order valence-corrected chi connectivity index (χ3v) is 3.51. The second kappa shape index (κ2) is 5.52. The highest BCUT2D eigenvalue weighted by Crippen LogP contribution is 2.51. The first-order chi connectivity index (χ1) is 11.2. The highest BCUT2D eigenvalue weighted by Gasteiger charge is 2.76.